The summed E-state index contributed by atoms with van der Waals surface area (Å²) in [5, 5.41) is 1.30. The first-order chi connectivity index (χ1) is 22.3. The van der Waals surface area contributed by atoms with E-state index in [1.54, 1.807) is 0 Å². The van der Waals surface area contributed by atoms with Gasteiger partial charge in [-0.05, 0) is 85.0 Å². The van der Waals surface area contributed by atoms with Gasteiger partial charge in [0.2, 0.25) is 11.2 Å². The molecule has 1 aliphatic rings. The van der Waals surface area contributed by atoms with E-state index in [0.717, 1.165) is 6.42 Å². The van der Waals surface area contributed by atoms with Crippen LogP contribution in [-0.2, 0) is 23.8 Å². The van der Waals surface area contributed by atoms with E-state index in [4.69, 9.17) is 0 Å². The van der Waals surface area contributed by atoms with E-state index in [0.29, 0.717) is 0 Å². The van der Waals surface area contributed by atoms with E-state index in [9.17, 15) is 0 Å². The summed E-state index contributed by atoms with van der Waals surface area (Å²) < 4.78 is 2.62. The van der Waals surface area contributed by atoms with E-state index in [1.807, 2.05) is 0 Å². The molecule has 0 radical (unpaired) electrons. The largest absolute Gasteiger partial charge is 0.214 e. The summed E-state index contributed by atoms with van der Waals surface area (Å²) in [5.41, 5.74) is 13.2. The molecule has 2 heterocycles. The van der Waals surface area contributed by atoms with Gasteiger partial charge in [-0.3, -0.25) is 0 Å². The van der Waals surface area contributed by atoms with Gasteiger partial charge in [0.1, 0.15) is 0 Å². The van der Waals surface area contributed by atoms with Crippen LogP contribution in [-0.4, -0.2) is 0 Å². The van der Waals surface area contributed by atoms with Gasteiger partial charge >= 0.3 is 0 Å². The fraction of sp³-hybridized carbons (Fsp3) is 0.267. The van der Waals surface area contributed by atoms with Crippen molar-refractivity contribution >= 4 is 10.9 Å². The van der Waals surface area contributed by atoms with Gasteiger partial charge in [0.05, 0.1) is 16.4 Å². The zero-order valence-corrected chi connectivity index (χ0v) is 27.9. The number of aromatic nitrogens is 1. The van der Waals surface area contributed by atoms with Gasteiger partial charge in [-0.2, -0.15) is 4.57 Å². The maximum absolute atomic E-state index is 2.62. The van der Waals surface area contributed by atoms with Gasteiger partial charge < -0.3 is 0 Å². The van der Waals surface area contributed by atoms with E-state index in [-0.39, 0.29) is 11.0 Å². The first-order valence-corrected chi connectivity index (χ1v) is 17.2. The highest BCUT2D eigenvalue weighted by molar-refractivity contribution is 5.95. The molecule has 0 atom stereocenters. The second kappa shape index (κ2) is 12.4. The topological polar surface area (TPSA) is 3.88 Å². The molecule has 5 aromatic carbocycles. The first-order valence-electron chi connectivity index (χ1n) is 17.2. The molecule has 0 N–H and O–H groups in total. The van der Waals surface area contributed by atoms with Crippen molar-refractivity contribution in [2.24, 2.45) is 0 Å². The molecule has 1 nitrogen and oxygen atoms in total. The number of unbranched alkanes of at least 4 members (excludes halogenated alkanes) is 3. The lowest BCUT2D eigenvalue weighted by Crippen LogP contribution is -2.65. The summed E-state index contributed by atoms with van der Waals surface area (Å²) in [6, 6.07) is 49.7. The standard InChI is InChI=1S/C45H46N/c1-44(2)41-29-28-37(36-25-17-22-34(30-36)21-10-6-5-9-18-33-19-11-7-12-20-33)31-40(41)43-32-39(35-23-13-8-14-24-35)38-26-15-16-27-42(38)46(43)45(44,3)4/h7-8,11-17,19-20,22-32H,5-6,9-10,18,21H2,1-4H3/q+1. The van der Waals surface area contributed by atoms with E-state index >= 15 is 0 Å². The Hall–Kier alpha value is -4.49. The monoisotopic (exact) mass is 600 g/mol. The van der Waals surface area contributed by atoms with Crippen LogP contribution < -0.4 is 4.57 Å². The molecule has 1 aromatic heterocycles. The van der Waals surface area contributed by atoms with Crippen molar-refractivity contribution in [3.63, 3.8) is 0 Å². The fourth-order valence-electron chi connectivity index (χ4n) is 7.61. The third-order valence-corrected chi connectivity index (χ3v) is 10.9. The summed E-state index contributed by atoms with van der Waals surface area (Å²) in [6.07, 6.45) is 7.41. The molecule has 0 bridgehead atoms. The molecule has 46 heavy (non-hydrogen) atoms. The normalized spacial score (nSPS) is 14.5. The number of nitrogens with zero attached hydrogens (tertiary/aromatic N) is 1. The molecule has 1 heteroatoms. The van der Waals surface area contributed by atoms with Crippen LogP contribution in [0, 0.1) is 0 Å². The quantitative estimate of drug-likeness (QED) is 0.115. The van der Waals surface area contributed by atoms with E-state index in [2.05, 4.69) is 166 Å². The van der Waals surface area contributed by atoms with Crippen LogP contribution in [0.15, 0.2) is 133 Å². The molecular weight excluding hydrogens is 555 g/mol. The minimum Gasteiger partial charge on any atom is -0.186 e. The Balaban J connectivity index is 1.22. The predicted molar refractivity (Wildman–Crippen MR) is 195 cm³/mol. The highest BCUT2D eigenvalue weighted by Gasteiger charge is 2.53. The lowest BCUT2D eigenvalue weighted by atomic mass is 9.64. The van der Waals surface area contributed by atoms with Crippen LogP contribution >= 0.6 is 0 Å². The molecule has 1 aliphatic heterocycles. The number of rotatable bonds is 9. The second-order valence-electron chi connectivity index (χ2n) is 14.2. The van der Waals surface area contributed by atoms with Crippen molar-refractivity contribution in [3.8, 4) is 33.5 Å². The molecular formula is C45H46N+. The van der Waals surface area contributed by atoms with Crippen LogP contribution in [0.3, 0.4) is 0 Å². The maximum atomic E-state index is 2.62. The summed E-state index contributed by atoms with van der Waals surface area (Å²) in [6.45, 7) is 9.66. The zero-order valence-electron chi connectivity index (χ0n) is 27.9. The van der Waals surface area contributed by atoms with Crippen LogP contribution in [0.5, 0.6) is 0 Å². The van der Waals surface area contributed by atoms with Crippen molar-refractivity contribution in [2.75, 3.05) is 0 Å². The van der Waals surface area contributed by atoms with E-state index < -0.39 is 0 Å². The highest BCUT2D eigenvalue weighted by Crippen LogP contribution is 2.48. The summed E-state index contributed by atoms with van der Waals surface area (Å²) in [4.78, 5) is 0. The molecule has 0 saturated carbocycles. The Kier molecular flexibility index (Phi) is 8.11. The third-order valence-electron chi connectivity index (χ3n) is 10.9. The number of pyridine rings is 1. The van der Waals surface area contributed by atoms with Crippen LogP contribution in [0.1, 0.15) is 70.1 Å². The minimum absolute atomic E-state index is 0.0715. The number of benzene rings is 5. The zero-order chi connectivity index (χ0) is 31.7. The van der Waals surface area contributed by atoms with Crippen molar-refractivity contribution in [3.05, 3.63) is 150 Å². The molecule has 0 aliphatic carbocycles. The minimum atomic E-state index is -0.132. The number of hydrogen-bond acceptors (Lipinski definition) is 0. The van der Waals surface area contributed by atoms with Crippen LogP contribution in [0.2, 0.25) is 0 Å². The number of fused-ring (bicyclic) bond motifs is 5. The van der Waals surface area contributed by atoms with Gasteiger partial charge in [-0.1, -0.05) is 122 Å². The van der Waals surface area contributed by atoms with Gasteiger partial charge in [0.25, 0.3) is 0 Å². The third kappa shape index (κ3) is 5.47. The van der Waals surface area contributed by atoms with Crippen molar-refractivity contribution in [1.82, 2.24) is 0 Å². The summed E-state index contributed by atoms with van der Waals surface area (Å²) >= 11 is 0. The number of hydrogen-bond donors (Lipinski definition) is 0. The van der Waals surface area contributed by atoms with Gasteiger partial charge in [0.15, 0.2) is 5.54 Å². The Morgan fingerprint density at radius 1 is 0.478 bits per heavy atom. The highest BCUT2D eigenvalue weighted by atomic mass is 15.1. The lowest BCUT2D eigenvalue weighted by molar-refractivity contribution is -0.737. The van der Waals surface area contributed by atoms with Crippen molar-refractivity contribution in [2.45, 2.75) is 77.2 Å². The van der Waals surface area contributed by atoms with Gasteiger partial charge in [-0.15, -0.1) is 0 Å². The molecule has 0 amide bonds. The van der Waals surface area contributed by atoms with Crippen molar-refractivity contribution in [1.29, 1.82) is 0 Å². The Morgan fingerprint density at radius 3 is 1.85 bits per heavy atom. The predicted octanol–water partition coefficient (Wildman–Crippen LogP) is 11.5. The van der Waals surface area contributed by atoms with Crippen LogP contribution in [0.4, 0.5) is 0 Å². The fourth-order valence-corrected chi connectivity index (χ4v) is 7.61. The lowest BCUT2D eigenvalue weighted by Gasteiger charge is -2.43. The van der Waals surface area contributed by atoms with Gasteiger partial charge in [0, 0.05) is 31.5 Å². The Morgan fingerprint density at radius 2 is 1.09 bits per heavy atom. The molecule has 0 spiro atoms. The average molecular weight is 601 g/mol. The van der Waals surface area contributed by atoms with E-state index in [1.165, 1.54) is 93.2 Å². The maximum Gasteiger partial charge on any atom is 0.214 e. The summed E-state index contributed by atoms with van der Waals surface area (Å²) in [5.74, 6) is 0. The SMILES string of the molecule is CC1(C)c2ccc(-c3cccc(CCCCCCc4ccccc4)c3)cc2-c2cc(-c3ccccc3)c3ccccc3[n+]2C1(C)C. The molecule has 0 unspecified atom stereocenters. The Bertz CT molecular complexity index is 1980. The van der Waals surface area contributed by atoms with Gasteiger partial charge in [-0.25, -0.2) is 0 Å². The summed E-state index contributed by atoms with van der Waals surface area (Å²) in [7, 11) is 0. The van der Waals surface area contributed by atoms with Crippen molar-refractivity contribution < 1.29 is 4.57 Å². The molecule has 6 aromatic rings. The first kappa shape index (κ1) is 30.2. The molecule has 0 saturated heterocycles. The average Bonchev–Trinajstić information content (AvgIpc) is 3.09. The molecule has 230 valence electrons. The molecule has 0 fully saturated rings. The Labute approximate surface area is 275 Å². The number of aryl methyl sites for hydroxylation is 2. The number of para-hydroxylation sites is 1. The van der Waals surface area contributed by atoms with Crippen LogP contribution in [0.25, 0.3) is 44.4 Å². The smallest absolute Gasteiger partial charge is 0.186 e. The molecule has 7 rings (SSSR count). The second-order valence-corrected chi connectivity index (χ2v) is 14.2.